The maximum atomic E-state index is 13.1. The molecule has 0 amide bonds. The van der Waals surface area contributed by atoms with Gasteiger partial charge in [0.15, 0.2) is 17.3 Å². The first kappa shape index (κ1) is 20.0. The highest BCUT2D eigenvalue weighted by Gasteiger charge is 2.35. The van der Waals surface area contributed by atoms with Crippen molar-refractivity contribution in [1.82, 2.24) is 0 Å². The third-order valence-corrected chi connectivity index (χ3v) is 4.68. The number of rotatable bonds is 5. The van der Waals surface area contributed by atoms with E-state index in [9.17, 15) is 24.3 Å². The third kappa shape index (κ3) is 3.31. The lowest BCUT2D eigenvalue weighted by Gasteiger charge is -2.21. The second-order valence-electron chi connectivity index (χ2n) is 6.54. The molecule has 0 unspecified atom stereocenters. The second kappa shape index (κ2) is 7.35. The Balaban J connectivity index is 2.28. The molecule has 148 valence electrons. The molecule has 2 aromatic carbocycles. The molecule has 29 heavy (non-hydrogen) atoms. The van der Waals surface area contributed by atoms with Crippen molar-refractivity contribution in [3.63, 3.8) is 0 Å². The third-order valence-electron chi connectivity index (χ3n) is 4.68. The highest BCUT2D eigenvalue weighted by Crippen LogP contribution is 2.40. The summed E-state index contributed by atoms with van der Waals surface area (Å²) in [4.78, 5) is 49.6. The maximum Gasteiger partial charge on any atom is 0.201 e. The first-order chi connectivity index (χ1) is 13.7. The number of carbonyl (C=O) groups excluding carboxylic acids is 4. The van der Waals surface area contributed by atoms with Crippen LogP contribution in [0.4, 0.5) is 0 Å². The Morgan fingerprint density at radius 3 is 2.03 bits per heavy atom. The predicted octanol–water partition coefficient (Wildman–Crippen LogP) is 2.75. The molecule has 1 aliphatic rings. The topological polar surface area (TPSA) is 107 Å². The normalized spacial score (nSPS) is 12.0. The summed E-state index contributed by atoms with van der Waals surface area (Å²) >= 11 is 0. The minimum Gasteiger partial charge on any atom is -0.507 e. The van der Waals surface area contributed by atoms with Gasteiger partial charge in [0.2, 0.25) is 5.78 Å². The highest BCUT2D eigenvalue weighted by atomic mass is 16.5. The van der Waals surface area contributed by atoms with Gasteiger partial charge < -0.3 is 14.6 Å². The number of aromatic hydroxyl groups is 1. The number of carbonyl (C=O) groups is 4. The Morgan fingerprint density at radius 1 is 0.862 bits per heavy atom. The molecular formula is C22H18O7. The molecule has 0 atom stereocenters. The Kier molecular flexibility index (Phi) is 5.07. The average Bonchev–Trinajstić information content (AvgIpc) is 2.68. The molecule has 0 saturated heterocycles. The van der Waals surface area contributed by atoms with Gasteiger partial charge in [0.25, 0.3) is 0 Å². The van der Waals surface area contributed by atoms with E-state index in [0.29, 0.717) is 5.56 Å². The van der Waals surface area contributed by atoms with Crippen LogP contribution in [0.15, 0.2) is 29.8 Å². The van der Waals surface area contributed by atoms with Crippen LogP contribution in [-0.4, -0.2) is 42.5 Å². The number of hydrogen-bond acceptors (Lipinski definition) is 7. The number of Topliss-reactive ketones (excluding diaryl/α,β-unsaturated/α-hetero) is 2. The number of ether oxygens (including phenoxy) is 2. The van der Waals surface area contributed by atoms with Crippen molar-refractivity contribution in [3.8, 4) is 17.2 Å². The second-order valence-corrected chi connectivity index (χ2v) is 6.54. The van der Waals surface area contributed by atoms with E-state index >= 15 is 0 Å². The number of methoxy groups -OCH3 is 2. The molecule has 1 aliphatic carbocycles. The van der Waals surface area contributed by atoms with Crippen LogP contribution in [0.5, 0.6) is 17.2 Å². The molecule has 0 aliphatic heterocycles. The molecule has 7 nitrogen and oxygen atoms in total. The molecule has 0 spiro atoms. The minimum atomic E-state index is -0.569. The van der Waals surface area contributed by atoms with Crippen molar-refractivity contribution in [2.24, 2.45) is 0 Å². The maximum absolute atomic E-state index is 13.1. The molecule has 0 bridgehead atoms. The number of phenols is 1. The van der Waals surface area contributed by atoms with Gasteiger partial charge in [-0.05, 0) is 43.7 Å². The van der Waals surface area contributed by atoms with Crippen LogP contribution in [0.1, 0.15) is 51.3 Å². The van der Waals surface area contributed by atoms with Gasteiger partial charge in [-0.1, -0.05) is 0 Å². The van der Waals surface area contributed by atoms with Gasteiger partial charge >= 0.3 is 0 Å². The van der Waals surface area contributed by atoms with Crippen LogP contribution < -0.4 is 9.47 Å². The van der Waals surface area contributed by atoms with Crippen molar-refractivity contribution in [1.29, 1.82) is 0 Å². The molecule has 1 N–H and O–H groups in total. The van der Waals surface area contributed by atoms with Crippen LogP contribution >= 0.6 is 0 Å². The highest BCUT2D eigenvalue weighted by molar-refractivity contribution is 6.30. The van der Waals surface area contributed by atoms with Crippen molar-refractivity contribution in [3.05, 3.63) is 57.7 Å². The summed E-state index contributed by atoms with van der Waals surface area (Å²) in [6, 6.07) is 5.51. The van der Waals surface area contributed by atoms with E-state index in [1.807, 2.05) is 0 Å². The molecule has 7 heteroatoms. The first-order valence-electron chi connectivity index (χ1n) is 8.65. The summed E-state index contributed by atoms with van der Waals surface area (Å²) in [5.74, 6) is -1.97. The molecular weight excluding hydrogens is 376 g/mol. The molecule has 2 aromatic rings. The summed E-state index contributed by atoms with van der Waals surface area (Å²) in [7, 11) is 2.71. The number of fused-ring (bicyclic) bond motifs is 2. The fourth-order valence-corrected chi connectivity index (χ4v) is 3.32. The molecule has 3 rings (SSSR count). The van der Waals surface area contributed by atoms with Crippen LogP contribution in [0.3, 0.4) is 0 Å². The Bertz CT molecular complexity index is 1110. The minimum absolute atomic E-state index is 0.000826. The fraction of sp³-hybridized carbons (Fsp3) is 0.182. The standard InChI is InChI=1S/C22H18O7/c1-10(23)14(11(2)24)5-12-6-15-20(18(7-12)29-4)22(27)19-16(21(15)26)8-13(28-3)9-17(19)25/h5-9,25H,1-4H3. The number of hydrogen-bond donors (Lipinski definition) is 1. The zero-order valence-corrected chi connectivity index (χ0v) is 16.3. The van der Waals surface area contributed by atoms with Crippen LogP contribution in [0, 0.1) is 0 Å². The van der Waals surface area contributed by atoms with Crippen molar-refractivity contribution in [2.45, 2.75) is 13.8 Å². The van der Waals surface area contributed by atoms with Crippen LogP contribution in [0.25, 0.3) is 6.08 Å². The quantitative estimate of drug-likeness (QED) is 0.403. The van der Waals surface area contributed by atoms with E-state index < -0.39 is 23.1 Å². The van der Waals surface area contributed by atoms with Crippen molar-refractivity contribution >= 4 is 29.2 Å². The van der Waals surface area contributed by atoms with Gasteiger partial charge in [-0.25, -0.2) is 0 Å². The monoisotopic (exact) mass is 394 g/mol. The molecule has 0 fully saturated rings. The molecule has 0 heterocycles. The van der Waals surface area contributed by atoms with E-state index in [-0.39, 0.29) is 45.1 Å². The van der Waals surface area contributed by atoms with Gasteiger partial charge in [0, 0.05) is 17.2 Å². The van der Waals surface area contributed by atoms with Crippen molar-refractivity contribution < 1.29 is 33.8 Å². The smallest absolute Gasteiger partial charge is 0.201 e. The van der Waals surface area contributed by atoms with E-state index in [1.54, 1.807) is 0 Å². The SMILES string of the molecule is COc1cc(O)c2c(c1)C(=O)c1cc(C=C(C(C)=O)C(C)=O)cc(OC)c1C2=O. The zero-order chi connectivity index (χ0) is 21.5. The first-order valence-corrected chi connectivity index (χ1v) is 8.65. The Hall–Kier alpha value is -3.74. The molecule has 0 saturated carbocycles. The van der Waals surface area contributed by atoms with Gasteiger partial charge in [0.1, 0.15) is 17.2 Å². The van der Waals surface area contributed by atoms with E-state index in [2.05, 4.69) is 0 Å². The van der Waals surface area contributed by atoms with Gasteiger partial charge in [-0.3, -0.25) is 19.2 Å². The fourth-order valence-electron chi connectivity index (χ4n) is 3.32. The number of phenolic OH excluding ortho intramolecular Hbond substituents is 1. The predicted molar refractivity (Wildman–Crippen MR) is 104 cm³/mol. The average molecular weight is 394 g/mol. The lowest BCUT2D eigenvalue weighted by molar-refractivity contribution is -0.119. The zero-order valence-electron chi connectivity index (χ0n) is 16.3. The van der Waals surface area contributed by atoms with E-state index in [1.165, 1.54) is 58.4 Å². The van der Waals surface area contributed by atoms with Gasteiger partial charge in [0.05, 0.1) is 30.9 Å². The molecule has 0 aromatic heterocycles. The summed E-state index contributed by atoms with van der Waals surface area (Å²) in [6.45, 7) is 2.53. The number of benzene rings is 2. The van der Waals surface area contributed by atoms with Crippen molar-refractivity contribution in [2.75, 3.05) is 14.2 Å². The van der Waals surface area contributed by atoms with E-state index in [4.69, 9.17) is 9.47 Å². The number of allylic oxidation sites excluding steroid dienone is 1. The van der Waals surface area contributed by atoms with E-state index in [0.717, 1.165) is 0 Å². The lowest BCUT2D eigenvalue weighted by atomic mass is 9.82. The number of ketones is 4. The summed E-state index contributed by atoms with van der Waals surface area (Å²) in [6.07, 6.45) is 1.35. The van der Waals surface area contributed by atoms with Gasteiger partial charge in [-0.2, -0.15) is 0 Å². The Labute approximate surface area is 166 Å². The Morgan fingerprint density at radius 2 is 1.48 bits per heavy atom. The van der Waals surface area contributed by atoms with Gasteiger partial charge in [-0.15, -0.1) is 0 Å². The molecule has 0 radical (unpaired) electrons. The van der Waals surface area contributed by atoms with Crippen LogP contribution in [0.2, 0.25) is 0 Å². The lowest BCUT2D eigenvalue weighted by Crippen LogP contribution is -2.22. The summed E-state index contributed by atoms with van der Waals surface area (Å²) in [5.41, 5.74) is 0.250. The summed E-state index contributed by atoms with van der Waals surface area (Å²) in [5, 5.41) is 10.3. The summed E-state index contributed by atoms with van der Waals surface area (Å²) < 4.78 is 10.4. The van der Waals surface area contributed by atoms with Crippen LogP contribution in [-0.2, 0) is 9.59 Å². The largest absolute Gasteiger partial charge is 0.507 e.